The standard InChI is InChI=1S/C10H9BrF3NO4/c1-18-8(17)3-5-2-7(16)9(6(4-11)15-5)19-10(12,13)14/h2H,3-4H2,1H3,(H,15,16). The molecule has 19 heavy (non-hydrogen) atoms. The molecule has 1 aromatic heterocycles. The van der Waals surface area contributed by atoms with Crippen LogP contribution in [0.4, 0.5) is 13.2 Å². The highest BCUT2D eigenvalue weighted by Crippen LogP contribution is 2.23. The number of esters is 1. The maximum atomic E-state index is 12.1. The van der Waals surface area contributed by atoms with Crippen molar-refractivity contribution in [1.82, 2.24) is 4.98 Å². The molecule has 0 unspecified atom stereocenters. The highest BCUT2D eigenvalue weighted by molar-refractivity contribution is 9.08. The van der Waals surface area contributed by atoms with E-state index in [4.69, 9.17) is 0 Å². The summed E-state index contributed by atoms with van der Waals surface area (Å²) in [5.41, 5.74) is -0.936. The first-order chi connectivity index (χ1) is 8.76. The van der Waals surface area contributed by atoms with Crippen molar-refractivity contribution in [2.45, 2.75) is 18.1 Å². The Morgan fingerprint density at radius 1 is 1.47 bits per heavy atom. The lowest BCUT2D eigenvalue weighted by atomic mass is 10.2. The van der Waals surface area contributed by atoms with Gasteiger partial charge in [-0.25, -0.2) is 0 Å². The number of H-pyrrole nitrogens is 1. The SMILES string of the molecule is COC(=O)Cc1cc(=O)c(OC(F)(F)F)c(CBr)[nH]1. The lowest BCUT2D eigenvalue weighted by Gasteiger charge is -2.12. The van der Waals surface area contributed by atoms with Gasteiger partial charge < -0.3 is 14.5 Å². The molecule has 1 rings (SSSR count). The van der Waals surface area contributed by atoms with Crippen molar-refractivity contribution >= 4 is 21.9 Å². The van der Waals surface area contributed by atoms with E-state index in [1.54, 1.807) is 0 Å². The molecule has 1 aromatic rings. The van der Waals surface area contributed by atoms with Crippen LogP contribution in [0.3, 0.4) is 0 Å². The van der Waals surface area contributed by atoms with E-state index in [0.717, 1.165) is 13.2 Å². The van der Waals surface area contributed by atoms with Gasteiger partial charge in [0, 0.05) is 17.1 Å². The van der Waals surface area contributed by atoms with E-state index in [1.807, 2.05) is 0 Å². The van der Waals surface area contributed by atoms with Crippen LogP contribution in [0.1, 0.15) is 11.4 Å². The summed E-state index contributed by atoms with van der Waals surface area (Å²) in [7, 11) is 1.16. The minimum atomic E-state index is -4.96. The zero-order valence-corrected chi connectivity index (χ0v) is 11.2. The number of carbonyl (C=O) groups is 1. The molecule has 0 aliphatic heterocycles. The zero-order valence-electron chi connectivity index (χ0n) is 9.64. The van der Waals surface area contributed by atoms with E-state index in [1.165, 1.54) is 0 Å². The van der Waals surface area contributed by atoms with E-state index in [9.17, 15) is 22.8 Å². The second-order valence-electron chi connectivity index (χ2n) is 3.40. The molecule has 1 N–H and O–H groups in total. The van der Waals surface area contributed by atoms with Crippen LogP contribution in [0.5, 0.6) is 5.75 Å². The molecule has 5 nitrogen and oxygen atoms in total. The monoisotopic (exact) mass is 343 g/mol. The van der Waals surface area contributed by atoms with Crippen LogP contribution in [0, 0.1) is 0 Å². The number of aromatic nitrogens is 1. The third kappa shape index (κ3) is 4.58. The number of hydrogen-bond donors (Lipinski definition) is 1. The van der Waals surface area contributed by atoms with Gasteiger partial charge in [-0.05, 0) is 0 Å². The fraction of sp³-hybridized carbons (Fsp3) is 0.400. The van der Waals surface area contributed by atoms with E-state index in [-0.39, 0.29) is 23.1 Å². The molecular formula is C10H9BrF3NO4. The Balaban J connectivity index is 3.15. The van der Waals surface area contributed by atoms with Crippen LogP contribution in [0.15, 0.2) is 10.9 Å². The van der Waals surface area contributed by atoms with Gasteiger partial charge in [-0.15, -0.1) is 13.2 Å². The van der Waals surface area contributed by atoms with Gasteiger partial charge in [0.05, 0.1) is 19.2 Å². The molecule has 0 atom stereocenters. The molecule has 0 saturated heterocycles. The van der Waals surface area contributed by atoms with E-state index in [0.29, 0.717) is 0 Å². The minimum absolute atomic E-state index is 0.0668. The number of methoxy groups -OCH3 is 1. The van der Waals surface area contributed by atoms with Crippen molar-refractivity contribution in [2.75, 3.05) is 7.11 Å². The Bertz CT molecular complexity index is 526. The summed E-state index contributed by atoms with van der Waals surface area (Å²) in [6.45, 7) is 0. The molecule has 0 spiro atoms. The molecule has 9 heteroatoms. The maximum absolute atomic E-state index is 12.1. The Hall–Kier alpha value is -1.51. The quantitative estimate of drug-likeness (QED) is 0.669. The van der Waals surface area contributed by atoms with Crippen molar-refractivity contribution in [3.63, 3.8) is 0 Å². The van der Waals surface area contributed by atoms with Gasteiger partial charge in [0.25, 0.3) is 0 Å². The van der Waals surface area contributed by atoms with Crippen molar-refractivity contribution in [3.05, 3.63) is 27.7 Å². The van der Waals surface area contributed by atoms with Crippen LogP contribution in [-0.2, 0) is 21.3 Å². The van der Waals surface area contributed by atoms with Crippen molar-refractivity contribution in [2.24, 2.45) is 0 Å². The number of carbonyl (C=O) groups excluding carboxylic acids is 1. The third-order valence-corrected chi connectivity index (χ3v) is 2.59. The molecule has 0 aliphatic rings. The third-order valence-electron chi connectivity index (χ3n) is 2.03. The van der Waals surface area contributed by atoms with Crippen molar-refractivity contribution in [1.29, 1.82) is 0 Å². The molecule has 0 aromatic carbocycles. The molecule has 1 heterocycles. The highest BCUT2D eigenvalue weighted by Gasteiger charge is 2.33. The smallest absolute Gasteiger partial charge is 0.469 e. The number of rotatable bonds is 4. The summed E-state index contributed by atoms with van der Waals surface area (Å²) in [6.07, 6.45) is -5.22. The number of ether oxygens (including phenoxy) is 2. The van der Waals surface area contributed by atoms with Crippen LogP contribution in [0.25, 0.3) is 0 Å². The second-order valence-corrected chi connectivity index (χ2v) is 3.96. The molecule has 0 radical (unpaired) electrons. The molecule has 0 saturated carbocycles. The molecule has 0 amide bonds. The number of pyridine rings is 1. The Morgan fingerprint density at radius 3 is 2.58 bits per heavy atom. The van der Waals surface area contributed by atoms with Crippen LogP contribution in [-0.4, -0.2) is 24.4 Å². The molecule has 106 valence electrons. The van der Waals surface area contributed by atoms with E-state index >= 15 is 0 Å². The predicted molar refractivity (Wildman–Crippen MR) is 62.1 cm³/mol. The summed E-state index contributed by atoms with van der Waals surface area (Å²) >= 11 is 2.93. The summed E-state index contributed by atoms with van der Waals surface area (Å²) in [5.74, 6) is -1.47. The van der Waals surface area contributed by atoms with Crippen LogP contribution < -0.4 is 10.2 Å². The maximum Gasteiger partial charge on any atom is 0.573 e. The fourth-order valence-electron chi connectivity index (χ4n) is 1.30. The van der Waals surface area contributed by atoms with Crippen molar-refractivity contribution in [3.8, 4) is 5.75 Å². The van der Waals surface area contributed by atoms with E-state index < -0.39 is 23.5 Å². The summed E-state index contributed by atoms with van der Waals surface area (Å²) in [5, 5.41) is -0.0668. The van der Waals surface area contributed by atoms with Crippen LogP contribution in [0.2, 0.25) is 0 Å². The minimum Gasteiger partial charge on any atom is -0.469 e. The lowest BCUT2D eigenvalue weighted by Crippen LogP contribution is -2.24. The molecule has 0 aliphatic carbocycles. The second kappa shape index (κ2) is 6.09. The summed E-state index contributed by atoms with van der Waals surface area (Å²) in [4.78, 5) is 25.1. The van der Waals surface area contributed by atoms with Gasteiger partial charge >= 0.3 is 12.3 Å². The number of alkyl halides is 4. The Morgan fingerprint density at radius 2 is 2.11 bits per heavy atom. The topological polar surface area (TPSA) is 68.4 Å². The first kappa shape index (κ1) is 15.5. The van der Waals surface area contributed by atoms with Gasteiger partial charge in [0.2, 0.25) is 5.43 Å². The van der Waals surface area contributed by atoms with Gasteiger partial charge in [-0.1, -0.05) is 15.9 Å². The first-order valence-electron chi connectivity index (χ1n) is 4.90. The normalized spacial score (nSPS) is 11.2. The van der Waals surface area contributed by atoms with E-state index in [2.05, 4.69) is 30.4 Å². The molecule has 0 bridgehead atoms. The molecular weight excluding hydrogens is 335 g/mol. The number of hydrogen-bond acceptors (Lipinski definition) is 4. The zero-order chi connectivity index (χ0) is 14.6. The van der Waals surface area contributed by atoms with Gasteiger partial charge in [0.15, 0.2) is 5.75 Å². The van der Waals surface area contributed by atoms with Crippen LogP contribution >= 0.6 is 15.9 Å². The predicted octanol–water partition coefficient (Wildman–Crippen LogP) is 1.88. The van der Waals surface area contributed by atoms with Gasteiger partial charge in [0.1, 0.15) is 0 Å². The largest absolute Gasteiger partial charge is 0.573 e. The number of nitrogens with one attached hydrogen (secondary N) is 1. The van der Waals surface area contributed by atoms with Gasteiger partial charge in [-0.3, -0.25) is 9.59 Å². The van der Waals surface area contributed by atoms with Gasteiger partial charge in [-0.2, -0.15) is 0 Å². The number of halogens is 4. The fourth-order valence-corrected chi connectivity index (χ4v) is 1.70. The number of aromatic amines is 1. The average molecular weight is 344 g/mol. The first-order valence-corrected chi connectivity index (χ1v) is 6.02. The lowest BCUT2D eigenvalue weighted by molar-refractivity contribution is -0.275. The highest BCUT2D eigenvalue weighted by atomic mass is 79.9. The average Bonchev–Trinajstić information content (AvgIpc) is 2.30. The Labute approximate surface area is 113 Å². The van der Waals surface area contributed by atoms with Crippen molar-refractivity contribution < 1.29 is 27.4 Å². The molecule has 0 fully saturated rings. The summed E-state index contributed by atoms with van der Waals surface area (Å²) in [6, 6.07) is 0.865. The Kier molecular flexibility index (Phi) is 4.98. The summed E-state index contributed by atoms with van der Waals surface area (Å²) < 4.78 is 44.5.